The number of hydrogen-bond donors (Lipinski definition) is 5. The molecule has 0 saturated heterocycles. The molecule has 6 N–H and O–H groups in total. The summed E-state index contributed by atoms with van der Waals surface area (Å²) in [6.45, 7) is 3.81. The number of nitrogens with one attached hydrogen (secondary N) is 3. The van der Waals surface area contributed by atoms with E-state index in [1.807, 2.05) is 80.8 Å². The van der Waals surface area contributed by atoms with Gasteiger partial charge in [-0.05, 0) is 48.3 Å². The molecule has 0 aromatic heterocycles. The van der Waals surface area contributed by atoms with E-state index >= 15 is 0 Å². The molecule has 4 atom stereocenters. The second-order valence-corrected chi connectivity index (χ2v) is 10.9. The van der Waals surface area contributed by atoms with Crippen molar-refractivity contribution in [3.8, 4) is 0 Å². The number of benzene rings is 2. The van der Waals surface area contributed by atoms with Crippen LogP contribution in [0.15, 0.2) is 60.7 Å². The van der Waals surface area contributed by atoms with Gasteiger partial charge in [-0.3, -0.25) is 14.4 Å². The molecule has 0 saturated carbocycles. The van der Waals surface area contributed by atoms with Crippen LogP contribution in [0.1, 0.15) is 37.8 Å². The Morgan fingerprint density at radius 3 is 1.77 bits per heavy atom. The molecular weight excluding hydrogens is 516 g/mol. The number of carbonyl (C=O) groups excluding carboxylic acids is 3. The molecule has 2 aromatic carbocycles. The van der Waals surface area contributed by atoms with Gasteiger partial charge in [0.2, 0.25) is 17.7 Å². The number of aliphatic carboxylic acids is 1. The Bertz CT molecular complexity index is 1070. The Hall–Kier alpha value is -3.37. The van der Waals surface area contributed by atoms with Crippen molar-refractivity contribution < 1.29 is 24.3 Å². The summed E-state index contributed by atoms with van der Waals surface area (Å²) in [7, 11) is 0. The van der Waals surface area contributed by atoms with Crippen molar-refractivity contribution in [1.82, 2.24) is 16.0 Å². The monoisotopic (exact) mass is 556 g/mol. The van der Waals surface area contributed by atoms with Gasteiger partial charge in [0, 0.05) is 6.42 Å². The molecule has 0 spiro atoms. The topological polar surface area (TPSA) is 151 Å². The highest BCUT2D eigenvalue weighted by atomic mass is 32.2. The average Bonchev–Trinajstić information content (AvgIpc) is 2.90. The average molecular weight is 557 g/mol. The van der Waals surface area contributed by atoms with Crippen LogP contribution < -0.4 is 21.7 Å². The molecule has 0 bridgehead atoms. The van der Waals surface area contributed by atoms with Crippen LogP contribution in [0.5, 0.6) is 0 Å². The van der Waals surface area contributed by atoms with Crippen molar-refractivity contribution in [2.45, 2.75) is 63.7 Å². The zero-order valence-electron chi connectivity index (χ0n) is 22.8. The number of thioether (sulfide) groups is 1. The Morgan fingerprint density at radius 1 is 0.769 bits per heavy atom. The van der Waals surface area contributed by atoms with Gasteiger partial charge in [-0.15, -0.1) is 0 Å². The van der Waals surface area contributed by atoms with Crippen molar-refractivity contribution in [2.24, 2.45) is 11.7 Å². The van der Waals surface area contributed by atoms with Gasteiger partial charge in [0.25, 0.3) is 0 Å². The van der Waals surface area contributed by atoms with Crippen molar-refractivity contribution in [1.29, 1.82) is 0 Å². The molecule has 212 valence electrons. The van der Waals surface area contributed by atoms with Crippen molar-refractivity contribution >= 4 is 35.5 Å². The normalized spacial score (nSPS) is 14.1. The summed E-state index contributed by atoms with van der Waals surface area (Å²) in [5.74, 6) is -2.13. The van der Waals surface area contributed by atoms with Crippen molar-refractivity contribution in [3.05, 3.63) is 71.8 Å². The third-order valence-electron chi connectivity index (χ3n) is 6.12. The molecule has 3 amide bonds. The molecule has 0 aliphatic carbocycles. The maximum absolute atomic E-state index is 13.5. The highest BCUT2D eigenvalue weighted by Crippen LogP contribution is 2.10. The second-order valence-electron chi connectivity index (χ2n) is 9.92. The van der Waals surface area contributed by atoms with Gasteiger partial charge in [-0.25, -0.2) is 4.79 Å². The van der Waals surface area contributed by atoms with Gasteiger partial charge in [0.05, 0.1) is 6.04 Å². The Kier molecular flexibility index (Phi) is 13.5. The number of nitrogens with two attached hydrogens (primary N) is 1. The minimum absolute atomic E-state index is 0.0389. The first-order chi connectivity index (χ1) is 18.6. The number of amides is 3. The second kappa shape index (κ2) is 16.6. The molecule has 10 heteroatoms. The molecule has 9 nitrogen and oxygen atoms in total. The van der Waals surface area contributed by atoms with E-state index in [1.165, 1.54) is 11.8 Å². The third-order valence-corrected chi connectivity index (χ3v) is 6.76. The lowest BCUT2D eigenvalue weighted by molar-refractivity contribution is -0.142. The minimum Gasteiger partial charge on any atom is -0.480 e. The summed E-state index contributed by atoms with van der Waals surface area (Å²) in [5, 5.41) is 17.6. The summed E-state index contributed by atoms with van der Waals surface area (Å²) in [5.41, 5.74) is 7.88. The highest BCUT2D eigenvalue weighted by molar-refractivity contribution is 7.98. The molecule has 4 unspecified atom stereocenters. The molecule has 0 aliphatic heterocycles. The predicted octanol–water partition coefficient (Wildman–Crippen LogP) is 2.14. The number of hydrogen-bond acceptors (Lipinski definition) is 6. The van der Waals surface area contributed by atoms with Gasteiger partial charge in [0.15, 0.2) is 0 Å². The predicted molar refractivity (Wildman–Crippen MR) is 154 cm³/mol. The lowest BCUT2D eigenvalue weighted by atomic mass is 10.00. The van der Waals surface area contributed by atoms with E-state index in [4.69, 9.17) is 5.73 Å². The summed E-state index contributed by atoms with van der Waals surface area (Å²) in [6.07, 6.45) is 2.91. The molecule has 39 heavy (non-hydrogen) atoms. The maximum atomic E-state index is 13.5. The highest BCUT2D eigenvalue weighted by Gasteiger charge is 2.31. The summed E-state index contributed by atoms with van der Waals surface area (Å²) >= 11 is 1.48. The number of carbonyl (C=O) groups is 4. The van der Waals surface area contributed by atoms with E-state index in [0.717, 1.165) is 11.1 Å². The molecule has 2 aromatic rings. The first-order valence-corrected chi connectivity index (χ1v) is 14.5. The van der Waals surface area contributed by atoms with E-state index in [9.17, 15) is 24.3 Å². The van der Waals surface area contributed by atoms with Crippen molar-refractivity contribution in [3.63, 3.8) is 0 Å². The zero-order valence-corrected chi connectivity index (χ0v) is 23.6. The van der Waals surface area contributed by atoms with Crippen LogP contribution in [-0.4, -0.2) is 65.0 Å². The lowest BCUT2D eigenvalue weighted by Crippen LogP contribution is -2.58. The van der Waals surface area contributed by atoms with Gasteiger partial charge in [0.1, 0.15) is 18.1 Å². The fourth-order valence-corrected chi connectivity index (χ4v) is 4.51. The van der Waals surface area contributed by atoms with Crippen molar-refractivity contribution in [2.75, 3.05) is 12.0 Å². The van der Waals surface area contributed by atoms with Gasteiger partial charge in [-0.2, -0.15) is 11.8 Å². The lowest BCUT2D eigenvalue weighted by Gasteiger charge is -2.26. The first kappa shape index (κ1) is 31.8. The Morgan fingerprint density at radius 2 is 1.26 bits per heavy atom. The van der Waals surface area contributed by atoms with E-state index < -0.39 is 47.9 Å². The molecule has 0 heterocycles. The van der Waals surface area contributed by atoms with Crippen LogP contribution in [0.25, 0.3) is 0 Å². The van der Waals surface area contributed by atoms with Gasteiger partial charge < -0.3 is 26.8 Å². The van der Waals surface area contributed by atoms with E-state index in [1.54, 1.807) is 0 Å². The summed E-state index contributed by atoms with van der Waals surface area (Å²) in [6, 6.07) is 14.7. The van der Waals surface area contributed by atoms with Gasteiger partial charge in [-0.1, -0.05) is 74.5 Å². The van der Waals surface area contributed by atoms with Crippen LogP contribution in [0.4, 0.5) is 0 Å². The molecule has 0 fully saturated rings. The van der Waals surface area contributed by atoms with Crippen LogP contribution in [-0.2, 0) is 32.0 Å². The zero-order chi connectivity index (χ0) is 28.8. The smallest absolute Gasteiger partial charge is 0.326 e. The minimum atomic E-state index is -1.13. The number of carboxylic acids is 1. The fourth-order valence-electron chi connectivity index (χ4n) is 4.04. The summed E-state index contributed by atoms with van der Waals surface area (Å²) in [4.78, 5) is 51.3. The van der Waals surface area contributed by atoms with Crippen LogP contribution in [0.3, 0.4) is 0 Å². The fraction of sp³-hybridized carbons (Fsp3) is 0.448. The van der Waals surface area contributed by atoms with E-state index in [-0.39, 0.29) is 18.8 Å². The van der Waals surface area contributed by atoms with E-state index in [0.29, 0.717) is 18.6 Å². The van der Waals surface area contributed by atoms with Gasteiger partial charge >= 0.3 is 5.97 Å². The van der Waals surface area contributed by atoms with E-state index in [2.05, 4.69) is 16.0 Å². The maximum Gasteiger partial charge on any atom is 0.326 e. The largest absolute Gasteiger partial charge is 0.480 e. The number of rotatable bonds is 16. The van der Waals surface area contributed by atoms with Crippen LogP contribution >= 0.6 is 11.8 Å². The molecule has 2 rings (SSSR count). The van der Waals surface area contributed by atoms with Crippen LogP contribution in [0, 0.1) is 5.92 Å². The molecule has 0 aliphatic rings. The molecule has 0 radical (unpaired) electrons. The summed E-state index contributed by atoms with van der Waals surface area (Å²) < 4.78 is 0. The first-order valence-electron chi connectivity index (χ1n) is 13.1. The number of carboxylic acid groups (broad SMARTS) is 1. The quantitative estimate of drug-likeness (QED) is 0.213. The third kappa shape index (κ3) is 11.5. The SMILES string of the molecule is CSCCC(NC(=O)C(CC(C)C)NC(=O)C(Cc1ccccc1)NC(=O)C(N)Cc1ccccc1)C(=O)O. The molecular formula is C29H40N4O5S. The Balaban J connectivity index is 2.19. The Labute approximate surface area is 234 Å². The standard InChI is InChI=1S/C29H40N4O5S/c1-19(2)16-24(27(35)31-23(29(37)38)14-15-39-3)33-28(36)25(18-21-12-8-5-9-13-21)32-26(34)22(30)17-20-10-6-4-7-11-20/h4-13,19,22-25H,14-18,30H2,1-3H3,(H,31,35)(H,32,34)(H,33,36)(H,37,38). The van der Waals surface area contributed by atoms with Crippen LogP contribution in [0.2, 0.25) is 0 Å².